The second-order valence-corrected chi connectivity index (χ2v) is 8.82. The summed E-state index contributed by atoms with van der Waals surface area (Å²) in [5.74, 6) is 1.27. The van der Waals surface area contributed by atoms with Gasteiger partial charge in [-0.3, -0.25) is 14.4 Å². The molecule has 0 atom stereocenters. The Hall–Kier alpha value is -4.79. The van der Waals surface area contributed by atoms with Crippen LogP contribution in [0.3, 0.4) is 0 Å². The number of rotatable bonds is 5. The molecular weight excluding hydrogens is 476 g/mol. The number of amides is 1. The number of carbonyl (C=O) groups is 2. The van der Waals surface area contributed by atoms with Gasteiger partial charge in [0.2, 0.25) is 18.1 Å². The fourth-order valence-electron chi connectivity index (χ4n) is 4.41. The number of carbonyl (C=O) groups excluding carboxylic acids is 2. The van der Waals surface area contributed by atoms with E-state index >= 15 is 0 Å². The van der Waals surface area contributed by atoms with Crippen molar-refractivity contribution in [1.29, 1.82) is 0 Å². The number of nitrogens with zero attached hydrogens (tertiary/aromatic N) is 1. The van der Waals surface area contributed by atoms with Crippen LogP contribution >= 0.6 is 0 Å². The van der Waals surface area contributed by atoms with Crippen LogP contribution in [0, 0.1) is 6.92 Å². The van der Waals surface area contributed by atoms with E-state index in [1.807, 2.05) is 19.1 Å². The highest BCUT2D eigenvalue weighted by molar-refractivity contribution is 6.10. The lowest BCUT2D eigenvalue weighted by Gasteiger charge is -2.20. The molecule has 2 aliphatic heterocycles. The molecule has 1 N–H and O–H groups in total. The summed E-state index contributed by atoms with van der Waals surface area (Å²) in [7, 11) is 0. The molecule has 1 amide bonds. The largest absolute Gasteiger partial charge is 0.486 e. The van der Waals surface area contributed by atoms with Crippen LogP contribution in [0.15, 0.2) is 65.6 Å². The number of benzene rings is 3. The molecule has 1 aromatic heterocycles. The number of ether oxygens (including phenoxy) is 4. The van der Waals surface area contributed by atoms with Crippen LogP contribution in [0.25, 0.3) is 10.9 Å². The molecule has 6 rings (SSSR count). The Labute approximate surface area is 211 Å². The number of pyridine rings is 1. The molecule has 0 fully saturated rings. The number of hydrogen-bond acceptors (Lipinski definition) is 7. The van der Waals surface area contributed by atoms with E-state index in [1.54, 1.807) is 47.0 Å². The van der Waals surface area contributed by atoms with Gasteiger partial charge in [-0.05, 0) is 25.1 Å². The Morgan fingerprint density at radius 2 is 1.57 bits per heavy atom. The number of fused-ring (bicyclic) bond motifs is 3. The van der Waals surface area contributed by atoms with Crippen LogP contribution in [-0.4, -0.2) is 36.3 Å². The third kappa shape index (κ3) is 4.24. The van der Waals surface area contributed by atoms with Crippen molar-refractivity contribution < 1.29 is 28.5 Å². The van der Waals surface area contributed by atoms with Crippen molar-refractivity contribution in [2.75, 3.05) is 25.3 Å². The third-order valence-electron chi connectivity index (χ3n) is 6.27. The Balaban J connectivity index is 1.41. The molecule has 0 aliphatic carbocycles. The molecular formula is C28H22N2O7. The maximum absolute atomic E-state index is 13.5. The van der Waals surface area contributed by atoms with Crippen LogP contribution in [0.5, 0.6) is 23.0 Å². The molecule has 0 radical (unpaired) electrons. The minimum Gasteiger partial charge on any atom is -0.486 e. The Morgan fingerprint density at radius 3 is 2.35 bits per heavy atom. The van der Waals surface area contributed by atoms with E-state index in [-0.39, 0.29) is 30.2 Å². The first-order chi connectivity index (χ1) is 18.0. The van der Waals surface area contributed by atoms with Crippen LogP contribution < -0.4 is 29.7 Å². The first-order valence-electron chi connectivity index (χ1n) is 11.7. The van der Waals surface area contributed by atoms with E-state index in [1.165, 1.54) is 6.20 Å². The van der Waals surface area contributed by atoms with Gasteiger partial charge in [-0.1, -0.05) is 29.8 Å². The minimum atomic E-state index is -0.440. The summed E-state index contributed by atoms with van der Waals surface area (Å²) in [5, 5.41) is 3.10. The number of aryl methyl sites for hydroxylation is 1. The summed E-state index contributed by atoms with van der Waals surface area (Å²) >= 11 is 0. The van der Waals surface area contributed by atoms with Crippen molar-refractivity contribution in [3.05, 3.63) is 87.7 Å². The summed E-state index contributed by atoms with van der Waals surface area (Å²) in [5.41, 5.74) is 1.89. The number of nitrogens with one attached hydrogen (secondary N) is 1. The lowest BCUT2D eigenvalue weighted by Crippen LogP contribution is -2.25. The zero-order valence-corrected chi connectivity index (χ0v) is 19.9. The molecule has 186 valence electrons. The first-order valence-corrected chi connectivity index (χ1v) is 11.7. The maximum Gasteiger partial charge on any atom is 0.244 e. The quantitative estimate of drug-likeness (QED) is 0.419. The normalized spacial score (nSPS) is 13.4. The van der Waals surface area contributed by atoms with Gasteiger partial charge in [-0.2, -0.15) is 0 Å². The van der Waals surface area contributed by atoms with Crippen molar-refractivity contribution in [1.82, 2.24) is 4.57 Å². The Kier molecular flexibility index (Phi) is 5.52. The van der Waals surface area contributed by atoms with Crippen molar-refractivity contribution >= 4 is 28.3 Å². The smallest absolute Gasteiger partial charge is 0.244 e. The van der Waals surface area contributed by atoms with Crippen molar-refractivity contribution in [3.63, 3.8) is 0 Å². The Bertz CT molecular complexity index is 1620. The van der Waals surface area contributed by atoms with Gasteiger partial charge in [0.05, 0.1) is 16.5 Å². The number of hydrogen-bond donors (Lipinski definition) is 1. The summed E-state index contributed by atoms with van der Waals surface area (Å²) in [6.07, 6.45) is 1.43. The summed E-state index contributed by atoms with van der Waals surface area (Å²) in [6, 6.07) is 15.3. The average molecular weight is 498 g/mol. The molecule has 37 heavy (non-hydrogen) atoms. The van der Waals surface area contributed by atoms with Gasteiger partial charge in [-0.25, -0.2) is 0 Å². The summed E-state index contributed by atoms with van der Waals surface area (Å²) < 4.78 is 23.6. The average Bonchev–Trinajstić information content (AvgIpc) is 3.37. The summed E-state index contributed by atoms with van der Waals surface area (Å²) in [4.78, 5) is 39.9. The van der Waals surface area contributed by atoms with E-state index in [0.29, 0.717) is 53.0 Å². The molecule has 0 unspecified atom stereocenters. The highest BCUT2D eigenvalue weighted by Crippen LogP contribution is 2.35. The maximum atomic E-state index is 13.5. The van der Waals surface area contributed by atoms with Crippen LogP contribution in [0.2, 0.25) is 0 Å². The Morgan fingerprint density at radius 1 is 0.865 bits per heavy atom. The zero-order valence-electron chi connectivity index (χ0n) is 19.9. The molecule has 9 heteroatoms. The van der Waals surface area contributed by atoms with Crippen LogP contribution in [-0.2, 0) is 11.3 Å². The van der Waals surface area contributed by atoms with E-state index in [4.69, 9.17) is 18.9 Å². The summed E-state index contributed by atoms with van der Waals surface area (Å²) in [6.45, 7) is 2.62. The monoisotopic (exact) mass is 498 g/mol. The SMILES string of the molecule is Cc1ccc(C(=O)c2cn(CC(=O)Nc3ccc4c(c3)OCO4)c3cc4c(cc3c2=O)OCCO4)cc1. The molecule has 0 spiro atoms. The predicted molar refractivity (Wildman–Crippen MR) is 135 cm³/mol. The second-order valence-electron chi connectivity index (χ2n) is 8.82. The molecule has 2 aliphatic rings. The van der Waals surface area contributed by atoms with Crippen LogP contribution in [0.1, 0.15) is 21.5 Å². The topological polar surface area (TPSA) is 105 Å². The molecule has 0 saturated carbocycles. The number of aromatic nitrogens is 1. The van der Waals surface area contributed by atoms with E-state index in [9.17, 15) is 14.4 Å². The highest BCUT2D eigenvalue weighted by Gasteiger charge is 2.22. The van der Waals surface area contributed by atoms with Gasteiger partial charge in [0.25, 0.3) is 0 Å². The molecule has 0 bridgehead atoms. The van der Waals surface area contributed by atoms with Crippen molar-refractivity contribution in [2.24, 2.45) is 0 Å². The molecule has 4 aromatic rings. The van der Waals surface area contributed by atoms with Gasteiger partial charge >= 0.3 is 0 Å². The zero-order chi connectivity index (χ0) is 25.5. The van der Waals surface area contributed by atoms with Gasteiger partial charge < -0.3 is 28.8 Å². The lowest BCUT2D eigenvalue weighted by atomic mass is 10.0. The standard InChI is InChI=1S/C28H22N2O7/c1-16-2-4-17(5-3-16)27(32)20-13-30(14-26(31)29-18-6-7-22-23(10-18)37-15-36-22)21-12-25-24(34-8-9-35-25)11-19(21)28(20)33/h2-7,10-13H,8-9,14-15H2,1H3,(H,29,31). The highest BCUT2D eigenvalue weighted by atomic mass is 16.7. The van der Waals surface area contributed by atoms with Gasteiger partial charge in [0, 0.05) is 29.6 Å². The van der Waals surface area contributed by atoms with E-state index in [0.717, 1.165) is 5.56 Å². The number of anilines is 1. The molecule has 3 aromatic carbocycles. The van der Waals surface area contributed by atoms with Crippen molar-refractivity contribution in [3.8, 4) is 23.0 Å². The van der Waals surface area contributed by atoms with Gasteiger partial charge in [0.1, 0.15) is 19.8 Å². The van der Waals surface area contributed by atoms with E-state index in [2.05, 4.69) is 5.32 Å². The number of ketones is 1. The fraction of sp³-hybridized carbons (Fsp3) is 0.179. The molecule has 9 nitrogen and oxygen atoms in total. The fourth-order valence-corrected chi connectivity index (χ4v) is 4.41. The molecule has 0 saturated heterocycles. The minimum absolute atomic E-state index is 0.0380. The lowest BCUT2D eigenvalue weighted by molar-refractivity contribution is -0.116. The van der Waals surface area contributed by atoms with Crippen molar-refractivity contribution in [2.45, 2.75) is 13.5 Å². The first kappa shape index (κ1) is 22.7. The predicted octanol–water partition coefficient (Wildman–Crippen LogP) is 3.68. The van der Waals surface area contributed by atoms with E-state index < -0.39 is 11.2 Å². The third-order valence-corrected chi connectivity index (χ3v) is 6.27. The van der Waals surface area contributed by atoms with Gasteiger partial charge in [-0.15, -0.1) is 0 Å². The molecule has 3 heterocycles. The second kappa shape index (κ2) is 9.02. The van der Waals surface area contributed by atoms with Crippen LogP contribution in [0.4, 0.5) is 5.69 Å². The van der Waals surface area contributed by atoms with Gasteiger partial charge in [0.15, 0.2) is 28.8 Å².